The Morgan fingerprint density at radius 1 is 1.30 bits per heavy atom. The van der Waals surface area contributed by atoms with Gasteiger partial charge in [-0.25, -0.2) is 4.98 Å². The average Bonchev–Trinajstić information content (AvgIpc) is 2.73. The molecule has 0 atom stereocenters. The minimum absolute atomic E-state index is 0.366. The Bertz CT molecular complexity index is 620. The van der Waals surface area contributed by atoms with E-state index < -0.39 is 0 Å². The molecule has 3 heteroatoms. The molecule has 0 bridgehead atoms. The number of aromatic amines is 1. The third kappa shape index (κ3) is 1.80. The lowest BCUT2D eigenvalue weighted by Gasteiger charge is -2.42. The maximum atomic E-state index is 4.78. The molecule has 0 saturated heterocycles. The minimum atomic E-state index is 0.366. The number of imidazole rings is 1. The standard InChI is InChI=1S/C17H23N3/c1-18-11-17(8-3-9-17)13-6-7-14-15(10-13)20-16(19-14)12-4-2-5-12/h6-7,10,12,18H,2-5,8-9,11H2,1H3,(H,19,20). The minimum Gasteiger partial charge on any atom is -0.342 e. The summed E-state index contributed by atoms with van der Waals surface area (Å²) in [5.41, 5.74) is 4.21. The molecule has 2 aliphatic rings. The van der Waals surface area contributed by atoms with Crippen molar-refractivity contribution >= 4 is 11.0 Å². The Hall–Kier alpha value is -1.35. The number of fused-ring (bicyclic) bond motifs is 1. The van der Waals surface area contributed by atoms with E-state index in [1.807, 2.05) is 0 Å². The smallest absolute Gasteiger partial charge is 0.110 e. The summed E-state index contributed by atoms with van der Waals surface area (Å²) in [6.45, 7) is 1.09. The second-order valence-corrected chi connectivity index (χ2v) is 6.65. The SMILES string of the molecule is CNCC1(c2ccc3nc(C4CCC4)[nH]c3c2)CCC1. The van der Waals surface area contributed by atoms with Gasteiger partial charge in [-0.15, -0.1) is 0 Å². The van der Waals surface area contributed by atoms with Gasteiger partial charge in [-0.2, -0.15) is 0 Å². The van der Waals surface area contributed by atoms with Gasteiger partial charge >= 0.3 is 0 Å². The van der Waals surface area contributed by atoms with Crippen molar-refractivity contribution in [3.8, 4) is 0 Å². The highest BCUT2D eigenvalue weighted by Gasteiger charge is 2.38. The molecule has 2 aliphatic carbocycles. The summed E-state index contributed by atoms with van der Waals surface area (Å²) < 4.78 is 0. The van der Waals surface area contributed by atoms with E-state index in [1.165, 1.54) is 55.4 Å². The highest BCUT2D eigenvalue weighted by Crippen LogP contribution is 2.44. The molecule has 106 valence electrons. The van der Waals surface area contributed by atoms with Gasteiger partial charge in [0, 0.05) is 17.9 Å². The molecule has 1 aromatic carbocycles. The Kier molecular flexibility index (Phi) is 2.84. The molecule has 3 nitrogen and oxygen atoms in total. The molecular formula is C17H23N3. The summed E-state index contributed by atoms with van der Waals surface area (Å²) in [6, 6.07) is 6.85. The lowest BCUT2D eigenvalue weighted by atomic mass is 9.64. The normalized spacial score (nSPS) is 21.6. The lowest BCUT2D eigenvalue weighted by molar-refractivity contribution is 0.239. The first kappa shape index (κ1) is 12.4. The molecule has 0 unspecified atom stereocenters. The topological polar surface area (TPSA) is 40.7 Å². The zero-order valence-electron chi connectivity index (χ0n) is 12.2. The van der Waals surface area contributed by atoms with Gasteiger partial charge in [-0.3, -0.25) is 0 Å². The fourth-order valence-corrected chi connectivity index (χ4v) is 3.74. The molecule has 0 spiro atoms. The fourth-order valence-electron chi connectivity index (χ4n) is 3.74. The van der Waals surface area contributed by atoms with Crippen molar-refractivity contribution in [1.29, 1.82) is 0 Å². The van der Waals surface area contributed by atoms with Crippen LogP contribution in [0, 0.1) is 0 Å². The highest BCUT2D eigenvalue weighted by molar-refractivity contribution is 5.76. The van der Waals surface area contributed by atoms with Crippen LogP contribution in [0.15, 0.2) is 18.2 Å². The quantitative estimate of drug-likeness (QED) is 0.892. The zero-order valence-corrected chi connectivity index (χ0v) is 12.2. The molecule has 2 saturated carbocycles. The summed E-state index contributed by atoms with van der Waals surface area (Å²) in [5, 5.41) is 3.37. The first-order valence-corrected chi connectivity index (χ1v) is 7.95. The van der Waals surface area contributed by atoms with Crippen LogP contribution in [0.5, 0.6) is 0 Å². The van der Waals surface area contributed by atoms with Gasteiger partial charge < -0.3 is 10.3 Å². The molecule has 2 fully saturated rings. The third-order valence-corrected chi connectivity index (χ3v) is 5.43. The molecule has 0 aliphatic heterocycles. The number of nitrogens with one attached hydrogen (secondary N) is 2. The summed E-state index contributed by atoms with van der Waals surface area (Å²) in [7, 11) is 2.06. The van der Waals surface area contributed by atoms with E-state index in [1.54, 1.807) is 0 Å². The monoisotopic (exact) mass is 269 g/mol. The van der Waals surface area contributed by atoms with Gasteiger partial charge in [-0.1, -0.05) is 18.9 Å². The maximum Gasteiger partial charge on any atom is 0.110 e. The number of benzene rings is 1. The average molecular weight is 269 g/mol. The Balaban J connectivity index is 1.70. The van der Waals surface area contributed by atoms with Crippen molar-refractivity contribution in [1.82, 2.24) is 15.3 Å². The largest absolute Gasteiger partial charge is 0.342 e. The van der Waals surface area contributed by atoms with E-state index in [2.05, 4.69) is 35.5 Å². The van der Waals surface area contributed by atoms with Crippen molar-refractivity contribution in [3.63, 3.8) is 0 Å². The van der Waals surface area contributed by atoms with Crippen molar-refractivity contribution in [2.75, 3.05) is 13.6 Å². The molecule has 1 heterocycles. The second-order valence-electron chi connectivity index (χ2n) is 6.65. The predicted octanol–water partition coefficient (Wildman–Crippen LogP) is 3.47. The summed E-state index contributed by atoms with van der Waals surface area (Å²) in [4.78, 5) is 8.35. The van der Waals surface area contributed by atoms with E-state index >= 15 is 0 Å². The zero-order chi connectivity index (χ0) is 13.6. The van der Waals surface area contributed by atoms with Crippen LogP contribution in [0.4, 0.5) is 0 Å². The number of hydrogen-bond donors (Lipinski definition) is 2. The van der Waals surface area contributed by atoms with Crippen LogP contribution in [-0.2, 0) is 5.41 Å². The van der Waals surface area contributed by atoms with E-state index in [0.29, 0.717) is 11.3 Å². The van der Waals surface area contributed by atoms with Crippen molar-refractivity contribution in [2.45, 2.75) is 49.9 Å². The Morgan fingerprint density at radius 3 is 2.75 bits per heavy atom. The number of rotatable bonds is 4. The fraction of sp³-hybridized carbons (Fsp3) is 0.588. The van der Waals surface area contributed by atoms with Gasteiger partial charge in [0.1, 0.15) is 5.82 Å². The molecule has 20 heavy (non-hydrogen) atoms. The second kappa shape index (κ2) is 4.59. The first-order valence-electron chi connectivity index (χ1n) is 7.95. The number of H-pyrrole nitrogens is 1. The van der Waals surface area contributed by atoms with Crippen LogP contribution in [-0.4, -0.2) is 23.6 Å². The highest BCUT2D eigenvalue weighted by atomic mass is 14.9. The van der Waals surface area contributed by atoms with Gasteiger partial charge in [0.2, 0.25) is 0 Å². The third-order valence-electron chi connectivity index (χ3n) is 5.43. The van der Waals surface area contributed by atoms with Crippen LogP contribution in [0.2, 0.25) is 0 Å². The van der Waals surface area contributed by atoms with E-state index in [9.17, 15) is 0 Å². The number of nitrogens with zero attached hydrogens (tertiary/aromatic N) is 1. The van der Waals surface area contributed by atoms with Crippen molar-refractivity contribution in [3.05, 3.63) is 29.6 Å². The summed E-state index contributed by atoms with van der Waals surface area (Å²) in [5.74, 6) is 1.89. The van der Waals surface area contributed by atoms with Crippen LogP contribution in [0.25, 0.3) is 11.0 Å². The first-order chi connectivity index (χ1) is 9.81. The number of hydrogen-bond acceptors (Lipinski definition) is 2. The molecule has 1 aromatic heterocycles. The maximum absolute atomic E-state index is 4.78. The Labute approximate surface area is 120 Å². The number of aromatic nitrogens is 2. The molecular weight excluding hydrogens is 246 g/mol. The van der Waals surface area contributed by atoms with Crippen LogP contribution in [0.3, 0.4) is 0 Å². The van der Waals surface area contributed by atoms with Gasteiger partial charge in [0.25, 0.3) is 0 Å². The van der Waals surface area contributed by atoms with E-state index in [-0.39, 0.29) is 0 Å². The lowest BCUT2D eigenvalue weighted by Crippen LogP contribution is -2.42. The van der Waals surface area contributed by atoms with E-state index in [4.69, 9.17) is 4.98 Å². The molecule has 2 N–H and O–H groups in total. The van der Waals surface area contributed by atoms with E-state index in [0.717, 1.165) is 12.1 Å². The Morgan fingerprint density at radius 2 is 2.15 bits per heavy atom. The summed E-state index contributed by atoms with van der Waals surface area (Å²) in [6.07, 6.45) is 7.94. The van der Waals surface area contributed by atoms with Crippen molar-refractivity contribution < 1.29 is 0 Å². The van der Waals surface area contributed by atoms with Gasteiger partial charge in [0.05, 0.1) is 11.0 Å². The predicted molar refractivity (Wildman–Crippen MR) is 82.1 cm³/mol. The molecule has 4 rings (SSSR count). The van der Waals surface area contributed by atoms with Gasteiger partial charge in [0.15, 0.2) is 0 Å². The van der Waals surface area contributed by atoms with Crippen LogP contribution in [0.1, 0.15) is 55.8 Å². The molecule has 0 amide bonds. The van der Waals surface area contributed by atoms with Gasteiger partial charge in [-0.05, 0) is 50.4 Å². The van der Waals surface area contributed by atoms with Crippen LogP contribution < -0.4 is 5.32 Å². The summed E-state index contributed by atoms with van der Waals surface area (Å²) >= 11 is 0. The number of likely N-dealkylation sites (N-methyl/N-ethyl adjacent to an activating group) is 1. The van der Waals surface area contributed by atoms with Crippen LogP contribution >= 0.6 is 0 Å². The molecule has 0 radical (unpaired) electrons. The van der Waals surface area contributed by atoms with Crippen molar-refractivity contribution in [2.24, 2.45) is 0 Å². The molecule has 2 aromatic rings.